The molecule has 0 saturated heterocycles. The average molecular weight is 515 g/mol. The summed E-state index contributed by atoms with van der Waals surface area (Å²) in [6.45, 7) is 0. The van der Waals surface area contributed by atoms with Gasteiger partial charge >= 0.3 is 0 Å². The number of carbonyl (C=O) groups excluding carboxylic acids is 1. The minimum atomic E-state index is -0.796. The maximum atomic E-state index is 13.5. The van der Waals surface area contributed by atoms with E-state index in [1.54, 1.807) is 36.4 Å². The molecule has 0 radical (unpaired) electrons. The van der Waals surface area contributed by atoms with E-state index in [2.05, 4.69) is 30.3 Å². The number of aryl methyl sites for hydroxylation is 1. The van der Waals surface area contributed by atoms with E-state index in [1.807, 2.05) is 12.1 Å². The Balaban J connectivity index is 1.49. The standard InChI is InChI=1S/C32H34O6/c1-37-31-18-21(9-13-28(31)34)8-12-27(33)20-30(36)26(17-23-10-14-29(35)32(19-23)38-2)16-22-7-11-24-5-3-4-6-25(24)15-22/h3-7,9-11,13-15,18-19,26-27,33-35H,8,12,16-17,20H2,1-2H3/t26-,27-/m0/s1. The molecular formula is C32H34O6. The third kappa shape index (κ3) is 6.84. The van der Waals surface area contributed by atoms with E-state index < -0.39 is 6.10 Å². The Labute approximate surface area is 223 Å². The summed E-state index contributed by atoms with van der Waals surface area (Å²) in [6.07, 6.45) is 1.21. The summed E-state index contributed by atoms with van der Waals surface area (Å²) >= 11 is 0. The number of methoxy groups -OCH3 is 2. The van der Waals surface area contributed by atoms with Crippen molar-refractivity contribution in [2.75, 3.05) is 14.2 Å². The van der Waals surface area contributed by atoms with Gasteiger partial charge in [-0.3, -0.25) is 4.79 Å². The Morgan fingerprint density at radius 2 is 1.29 bits per heavy atom. The van der Waals surface area contributed by atoms with Gasteiger partial charge in [0.05, 0.1) is 20.3 Å². The summed E-state index contributed by atoms with van der Waals surface area (Å²) in [5.41, 5.74) is 2.85. The number of ether oxygens (including phenoxy) is 2. The second-order valence-corrected chi connectivity index (χ2v) is 9.66. The number of aromatic hydroxyl groups is 2. The summed E-state index contributed by atoms with van der Waals surface area (Å²) in [7, 11) is 2.99. The van der Waals surface area contributed by atoms with Crippen LogP contribution in [0.4, 0.5) is 0 Å². The predicted octanol–water partition coefficient (Wildman–Crippen LogP) is 5.62. The number of hydrogen-bond acceptors (Lipinski definition) is 6. The Bertz CT molecular complexity index is 1400. The van der Waals surface area contributed by atoms with E-state index in [-0.39, 0.29) is 29.6 Å². The first kappa shape index (κ1) is 27.0. The second kappa shape index (κ2) is 12.5. The van der Waals surface area contributed by atoms with Crippen LogP contribution < -0.4 is 9.47 Å². The zero-order valence-electron chi connectivity index (χ0n) is 21.8. The van der Waals surface area contributed by atoms with Gasteiger partial charge in [-0.25, -0.2) is 0 Å². The highest BCUT2D eigenvalue weighted by atomic mass is 16.5. The van der Waals surface area contributed by atoms with Crippen LogP contribution >= 0.6 is 0 Å². The first-order chi connectivity index (χ1) is 18.4. The van der Waals surface area contributed by atoms with Crippen molar-refractivity contribution < 1.29 is 29.6 Å². The molecule has 4 aromatic rings. The van der Waals surface area contributed by atoms with Crippen molar-refractivity contribution in [3.05, 3.63) is 95.6 Å². The number of fused-ring (bicyclic) bond motifs is 1. The molecule has 0 spiro atoms. The molecule has 6 nitrogen and oxygen atoms in total. The molecule has 0 aliphatic rings. The number of carbonyl (C=O) groups is 1. The van der Waals surface area contributed by atoms with Crippen molar-refractivity contribution in [3.63, 3.8) is 0 Å². The molecule has 0 unspecified atom stereocenters. The predicted molar refractivity (Wildman–Crippen MR) is 148 cm³/mol. The van der Waals surface area contributed by atoms with Crippen LogP contribution in [0.5, 0.6) is 23.0 Å². The van der Waals surface area contributed by atoms with Crippen molar-refractivity contribution in [1.82, 2.24) is 0 Å². The molecule has 198 valence electrons. The van der Waals surface area contributed by atoms with Gasteiger partial charge in [0.15, 0.2) is 23.0 Å². The van der Waals surface area contributed by atoms with Gasteiger partial charge in [0.25, 0.3) is 0 Å². The molecule has 0 aromatic heterocycles. The first-order valence-corrected chi connectivity index (χ1v) is 12.8. The molecule has 3 N–H and O–H groups in total. The van der Waals surface area contributed by atoms with Crippen molar-refractivity contribution in [3.8, 4) is 23.0 Å². The molecule has 4 aromatic carbocycles. The fraction of sp³-hybridized carbons (Fsp3) is 0.281. The third-order valence-corrected chi connectivity index (χ3v) is 6.92. The van der Waals surface area contributed by atoms with E-state index in [0.717, 1.165) is 27.5 Å². The number of rotatable bonds is 12. The van der Waals surface area contributed by atoms with Crippen LogP contribution in [-0.2, 0) is 24.1 Å². The number of aliphatic hydroxyl groups is 1. The molecule has 0 amide bonds. The number of phenols is 2. The van der Waals surface area contributed by atoms with Crippen LogP contribution in [0.1, 0.15) is 29.5 Å². The van der Waals surface area contributed by atoms with E-state index in [9.17, 15) is 20.1 Å². The normalized spacial score (nSPS) is 12.7. The monoisotopic (exact) mass is 514 g/mol. The highest BCUT2D eigenvalue weighted by molar-refractivity contribution is 5.84. The maximum Gasteiger partial charge on any atom is 0.160 e. The van der Waals surface area contributed by atoms with Gasteiger partial charge in [0.2, 0.25) is 0 Å². The molecule has 0 bridgehead atoms. The van der Waals surface area contributed by atoms with Crippen LogP contribution in [0.3, 0.4) is 0 Å². The smallest absolute Gasteiger partial charge is 0.160 e. The van der Waals surface area contributed by atoms with Crippen LogP contribution in [0.2, 0.25) is 0 Å². The van der Waals surface area contributed by atoms with Crippen LogP contribution in [0.15, 0.2) is 78.9 Å². The van der Waals surface area contributed by atoms with Gasteiger partial charge in [-0.1, -0.05) is 54.6 Å². The molecule has 4 rings (SSSR count). The Morgan fingerprint density at radius 3 is 1.95 bits per heavy atom. The zero-order valence-corrected chi connectivity index (χ0v) is 21.8. The van der Waals surface area contributed by atoms with Gasteiger partial charge in [-0.15, -0.1) is 0 Å². The number of phenolic OH excluding ortho intramolecular Hbond substituents is 2. The van der Waals surface area contributed by atoms with Crippen LogP contribution in [-0.4, -0.2) is 41.4 Å². The van der Waals surface area contributed by atoms with Crippen molar-refractivity contribution in [2.24, 2.45) is 5.92 Å². The largest absolute Gasteiger partial charge is 0.504 e. The lowest BCUT2D eigenvalue weighted by atomic mass is 9.86. The maximum absolute atomic E-state index is 13.5. The third-order valence-electron chi connectivity index (χ3n) is 6.92. The molecule has 0 heterocycles. The fourth-order valence-electron chi connectivity index (χ4n) is 4.80. The quantitative estimate of drug-likeness (QED) is 0.227. The molecule has 0 fully saturated rings. The zero-order chi connectivity index (χ0) is 27.1. The summed E-state index contributed by atoms with van der Waals surface area (Å²) in [4.78, 5) is 13.5. The minimum absolute atomic E-state index is 0.0130. The summed E-state index contributed by atoms with van der Waals surface area (Å²) in [6, 6.07) is 24.6. The van der Waals surface area contributed by atoms with Gasteiger partial charge < -0.3 is 24.8 Å². The SMILES string of the molecule is COc1cc(CC[C@H](O)CC(=O)[C@H](Cc2ccc(O)c(OC)c2)Cc2ccc3ccccc3c2)ccc1O. The van der Waals surface area contributed by atoms with Gasteiger partial charge in [-0.2, -0.15) is 0 Å². The highest BCUT2D eigenvalue weighted by Gasteiger charge is 2.23. The van der Waals surface area contributed by atoms with E-state index >= 15 is 0 Å². The molecule has 6 heteroatoms. The summed E-state index contributed by atoms with van der Waals surface area (Å²) in [5, 5.41) is 32.8. The lowest BCUT2D eigenvalue weighted by Crippen LogP contribution is -2.25. The summed E-state index contributed by atoms with van der Waals surface area (Å²) in [5.74, 6) is 0.496. The molecule has 2 atom stereocenters. The molecule has 0 saturated carbocycles. The molecular weight excluding hydrogens is 480 g/mol. The highest BCUT2D eigenvalue weighted by Crippen LogP contribution is 2.30. The second-order valence-electron chi connectivity index (χ2n) is 9.66. The van der Waals surface area contributed by atoms with Crippen molar-refractivity contribution >= 4 is 16.6 Å². The summed E-state index contributed by atoms with van der Waals surface area (Å²) < 4.78 is 10.4. The van der Waals surface area contributed by atoms with Gasteiger partial charge in [-0.05, 0) is 77.4 Å². The number of hydrogen-bond donors (Lipinski definition) is 3. The topological polar surface area (TPSA) is 96.2 Å². The van der Waals surface area contributed by atoms with Crippen molar-refractivity contribution in [1.29, 1.82) is 0 Å². The van der Waals surface area contributed by atoms with Crippen LogP contribution in [0, 0.1) is 5.92 Å². The molecule has 0 aliphatic carbocycles. The Morgan fingerprint density at radius 1 is 0.737 bits per heavy atom. The number of aliphatic hydroxyl groups excluding tert-OH is 1. The van der Waals surface area contributed by atoms with Gasteiger partial charge in [0, 0.05) is 12.3 Å². The number of benzene rings is 4. The van der Waals surface area contributed by atoms with E-state index in [1.165, 1.54) is 14.2 Å². The average Bonchev–Trinajstić information content (AvgIpc) is 2.93. The minimum Gasteiger partial charge on any atom is -0.504 e. The molecule has 0 aliphatic heterocycles. The number of ketones is 1. The fourth-order valence-corrected chi connectivity index (χ4v) is 4.80. The molecule has 38 heavy (non-hydrogen) atoms. The van der Waals surface area contributed by atoms with Crippen molar-refractivity contribution in [2.45, 2.75) is 38.2 Å². The van der Waals surface area contributed by atoms with Crippen LogP contribution in [0.25, 0.3) is 10.8 Å². The Kier molecular flexibility index (Phi) is 8.87. The first-order valence-electron chi connectivity index (χ1n) is 12.8. The lowest BCUT2D eigenvalue weighted by Gasteiger charge is -2.19. The van der Waals surface area contributed by atoms with E-state index in [4.69, 9.17) is 9.47 Å². The van der Waals surface area contributed by atoms with E-state index in [0.29, 0.717) is 37.2 Å². The lowest BCUT2D eigenvalue weighted by molar-refractivity contribution is -0.124. The van der Waals surface area contributed by atoms with Gasteiger partial charge in [0.1, 0.15) is 5.78 Å². The number of Topliss-reactive ketones (excluding diaryl/α,β-unsaturated/α-hetero) is 1. The Hall–Kier alpha value is -4.03.